The first-order valence-corrected chi connectivity index (χ1v) is 7.10. The first kappa shape index (κ1) is 13.0. The largest absolute Gasteiger partial charge is 0.311 e. The van der Waals surface area contributed by atoms with Crippen molar-refractivity contribution < 1.29 is 9.59 Å². The number of fused-ring (bicyclic) bond motifs is 1. The minimum Gasteiger partial charge on any atom is -0.311 e. The van der Waals surface area contributed by atoms with Crippen molar-refractivity contribution in [2.24, 2.45) is 0 Å². The molecule has 0 spiro atoms. The van der Waals surface area contributed by atoms with Crippen LogP contribution in [0.3, 0.4) is 0 Å². The van der Waals surface area contributed by atoms with Gasteiger partial charge in [-0.2, -0.15) is 0 Å². The van der Waals surface area contributed by atoms with Crippen LogP contribution >= 0.6 is 11.8 Å². The average Bonchev–Trinajstić information content (AvgIpc) is 2.93. The second kappa shape index (κ2) is 4.82. The van der Waals surface area contributed by atoms with Gasteiger partial charge in [0.05, 0.1) is 10.9 Å². The predicted octanol–water partition coefficient (Wildman–Crippen LogP) is 1.24. The van der Waals surface area contributed by atoms with E-state index in [1.807, 2.05) is 0 Å². The zero-order valence-corrected chi connectivity index (χ0v) is 11.6. The molecule has 1 aliphatic rings. The highest BCUT2D eigenvalue weighted by Crippen LogP contribution is 2.29. The third kappa shape index (κ3) is 2.24. The van der Waals surface area contributed by atoms with E-state index in [0.717, 1.165) is 0 Å². The minimum atomic E-state index is -0.205. The molecular weight excluding hydrogens is 278 g/mol. The van der Waals surface area contributed by atoms with Gasteiger partial charge in [-0.15, -0.1) is 0 Å². The number of nitrogens with one attached hydrogen (secondary N) is 2. The van der Waals surface area contributed by atoms with Gasteiger partial charge in [-0.25, -0.2) is 0 Å². The average molecular weight is 291 g/mol. The molecule has 1 amide bonds. The van der Waals surface area contributed by atoms with Gasteiger partial charge in [0.1, 0.15) is 0 Å². The summed E-state index contributed by atoms with van der Waals surface area (Å²) in [7, 11) is 0. The molecule has 1 aromatic carbocycles. The van der Waals surface area contributed by atoms with Crippen LogP contribution in [-0.2, 0) is 9.59 Å². The van der Waals surface area contributed by atoms with Crippen LogP contribution in [0.4, 0.5) is 5.69 Å². The Morgan fingerprint density at radius 1 is 1.35 bits per heavy atom. The van der Waals surface area contributed by atoms with E-state index in [2.05, 4.69) is 10.2 Å². The standard InChI is InChI=1S/C13H13N3O3S/c1-7(17)20-9-5-12(18)16(6-9)8-2-3-11-10(4-8)13(19)15-14-11/h2-4,9H,5-6H2,1H3,(H2,14,15,19). The van der Waals surface area contributed by atoms with Gasteiger partial charge >= 0.3 is 0 Å². The van der Waals surface area contributed by atoms with Gasteiger partial charge in [0.25, 0.3) is 5.56 Å². The van der Waals surface area contributed by atoms with Gasteiger partial charge in [-0.3, -0.25) is 24.6 Å². The first-order valence-electron chi connectivity index (χ1n) is 6.22. The summed E-state index contributed by atoms with van der Waals surface area (Å²) >= 11 is 1.20. The molecule has 1 unspecified atom stereocenters. The molecule has 0 saturated carbocycles. The Morgan fingerprint density at radius 2 is 2.15 bits per heavy atom. The third-order valence-corrected chi connectivity index (χ3v) is 4.27. The quantitative estimate of drug-likeness (QED) is 0.871. The number of hydrogen-bond donors (Lipinski definition) is 2. The zero-order chi connectivity index (χ0) is 14.3. The molecule has 1 saturated heterocycles. The van der Waals surface area contributed by atoms with E-state index in [1.54, 1.807) is 23.1 Å². The van der Waals surface area contributed by atoms with Crippen molar-refractivity contribution in [3.8, 4) is 0 Å². The van der Waals surface area contributed by atoms with E-state index in [0.29, 0.717) is 29.6 Å². The second-order valence-corrected chi connectivity index (χ2v) is 6.23. The van der Waals surface area contributed by atoms with Crippen LogP contribution in [0.2, 0.25) is 0 Å². The molecule has 2 aromatic rings. The van der Waals surface area contributed by atoms with Crippen molar-refractivity contribution >= 4 is 39.4 Å². The van der Waals surface area contributed by atoms with Crippen molar-refractivity contribution in [2.75, 3.05) is 11.4 Å². The number of nitrogens with zero attached hydrogens (tertiary/aromatic N) is 1. The Labute approximate surface area is 118 Å². The third-order valence-electron chi connectivity index (χ3n) is 3.29. The van der Waals surface area contributed by atoms with Gasteiger partial charge < -0.3 is 4.90 Å². The van der Waals surface area contributed by atoms with Gasteiger partial charge in [0, 0.05) is 30.8 Å². The van der Waals surface area contributed by atoms with Gasteiger partial charge in [0.15, 0.2) is 5.12 Å². The fourth-order valence-corrected chi connectivity index (χ4v) is 3.35. The molecule has 20 heavy (non-hydrogen) atoms. The van der Waals surface area contributed by atoms with Gasteiger partial charge in [0.2, 0.25) is 5.91 Å². The molecule has 6 nitrogen and oxygen atoms in total. The van der Waals surface area contributed by atoms with Crippen molar-refractivity contribution in [1.82, 2.24) is 10.2 Å². The van der Waals surface area contributed by atoms with Gasteiger partial charge in [-0.05, 0) is 18.2 Å². The summed E-state index contributed by atoms with van der Waals surface area (Å²) in [5.41, 5.74) is 1.20. The van der Waals surface area contributed by atoms with E-state index in [1.165, 1.54) is 18.7 Å². The summed E-state index contributed by atoms with van der Waals surface area (Å²) in [6.07, 6.45) is 0.353. The van der Waals surface area contributed by atoms with Crippen molar-refractivity contribution in [3.05, 3.63) is 28.6 Å². The maximum atomic E-state index is 12.0. The van der Waals surface area contributed by atoms with Crippen molar-refractivity contribution in [1.29, 1.82) is 0 Å². The Hall–Kier alpha value is -2.02. The molecule has 1 fully saturated rings. The van der Waals surface area contributed by atoms with E-state index >= 15 is 0 Å². The lowest BCUT2D eigenvalue weighted by atomic mass is 10.2. The van der Waals surface area contributed by atoms with E-state index in [9.17, 15) is 14.4 Å². The van der Waals surface area contributed by atoms with Crippen LogP contribution < -0.4 is 10.5 Å². The molecule has 1 atom stereocenters. The first-order chi connectivity index (χ1) is 9.54. The lowest BCUT2D eigenvalue weighted by molar-refractivity contribution is -0.117. The number of amides is 1. The highest BCUT2D eigenvalue weighted by molar-refractivity contribution is 8.14. The Balaban J connectivity index is 1.91. The Morgan fingerprint density at radius 3 is 2.90 bits per heavy atom. The molecule has 1 aliphatic heterocycles. The summed E-state index contributed by atoms with van der Waals surface area (Å²) in [5.74, 6) is -0.0185. The molecular formula is C13H13N3O3S. The smallest absolute Gasteiger partial charge is 0.271 e. The summed E-state index contributed by atoms with van der Waals surface area (Å²) in [4.78, 5) is 36.4. The molecule has 104 valence electrons. The molecule has 3 rings (SSSR count). The number of benzene rings is 1. The number of aromatic amines is 2. The summed E-state index contributed by atoms with van der Waals surface area (Å²) < 4.78 is 0. The Bertz CT molecular complexity index is 749. The monoisotopic (exact) mass is 291 g/mol. The molecule has 0 bridgehead atoms. The minimum absolute atomic E-state index is 0.0137. The van der Waals surface area contributed by atoms with Crippen LogP contribution in [0.15, 0.2) is 23.0 Å². The number of thioether (sulfide) groups is 1. The van der Waals surface area contributed by atoms with Crippen molar-refractivity contribution in [2.45, 2.75) is 18.6 Å². The van der Waals surface area contributed by atoms with Crippen molar-refractivity contribution in [3.63, 3.8) is 0 Å². The molecule has 2 N–H and O–H groups in total. The van der Waals surface area contributed by atoms with Crippen LogP contribution in [-0.4, -0.2) is 33.0 Å². The topological polar surface area (TPSA) is 86.0 Å². The number of aromatic nitrogens is 2. The highest BCUT2D eigenvalue weighted by Gasteiger charge is 2.32. The molecule has 0 aliphatic carbocycles. The number of hydrogen-bond acceptors (Lipinski definition) is 4. The number of anilines is 1. The fourth-order valence-electron chi connectivity index (χ4n) is 2.43. The number of carbonyl (C=O) groups is 2. The van der Waals surface area contributed by atoms with Crippen LogP contribution in [0, 0.1) is 0 Å². The molecule has 7 heteroatoms. The number of H-pyrrole nitrogens is 2. The maximum Gasteiger partial charge on any atom is 0.271 e. The molecule has 2 heterocycles. The number of rotatable bonds is 2. The van der Waals surface area contributed by atoms with Crippen LogP contribution in [0.5, 0.6) is 0 Å². The van der Waals surface area contributed by atoms with Crippen LogP contribution in [0.1, 0.15) is 13.3 Å². The summed E-state index contributed by atoms with van der Waals surface area (Å²) in [5, 5.41) is 5.80. The van der Waals surface area contributed by atoms with Gasteiger partial charge in [-0.1, -0.05) is 11.8 Å². The predicted molar refractivity (Wildman–Crippen MR) is 77.9 cm³/mol. The lowest BCUT2D eigenvalue weighted by Gasteiger charge is -2.16. The lowest BCUT2D eigenvalue weighted by Crippen LogP contribution is -2.25. The molecule has 0 radical (unpaired) electrons. The Kier molecular flexibility index (Phi) is 3.13. The fraction of sp³-hybridized carbons (Fsp3) is 0.308. The second-order valence-electron chi connectivity index (χ2n) is 4.75. The number of carbonyl (C=O) groups excluding carboxylic acids is 2. The maximum absolute atomic E-state index is 12.0. The van der Waals surface area contributed by atoms with E-state index < -0.39 is 0 Å². The SMILES string of the molecule is CC(=O)SC1CC(=O)N(c2ccc3[nH][nH]c(=O)c3c2)C1. The normalized spacial score (nSPS) is 18.9. The van der Waals surface area contributed by atoms with Crippen LogP contribution in [0.25, 0.3) is 10.9 Å². The zero-order valence-electron chi connectivity index (χ0n) is 10.8. The van der Waals surface area contributed by atoms with E-state index in [4.69, 9.17) is 0 Å². The van der Waals surface area contributed by atoms with E-state index in [-0.39, 0.29) is 21.8 Å². The summed E-state index contributed by atoms with van der Waals surface area (Å²) in [6, 6.07) is 5.26. The highest BCUT2D eigenvalue weighted by atomic mass is 32.2. The summed E-state index contributed by atoms with van der Waals surface area (Å²) in [6.45, 7) is 2.00. The molecule has 1 aromatic heterocycles.